The summed E-state index contributed by atoms with van der Waals surface area (Å²) in [7, 11) is 1.64. The lowest BCUT2D eigenvalue weighted by molar-refractivity contribution is -0.137. The third kappa shape index (κ3) is 3.29. The largest absolute Gasteiger partial charge is 0.417 e. The molecule has 1 rings (SSSR count). The van der Waals surface area contributed by atoms with Crippen LogP contribution in [-0.2, 0) is 6.18 Å². The van der Waals surface area contributed by atoms with E-state index < -0.39 is 22.5 Å². The van der Waals surface area contributed by atoms with Crippen molar-refractivity contribution in [2.24, 2.45) is 0 Å². The lowest BCUT2D eigenvalue weighted by Crippen LogP contribution is -2.29. The minimum Gasteiger partial charge on any atom is -0.357 e. The highest BCUT2D eigenvalue weighted by Gasteiger charge is 2.36. The van der Waals surface area contributed by atoms with Crippen LogP contribution in [0.4, 0.5) is 19.0 Å². The van der Waals surface area contributed by atoms with Crippen LogP contribution in [0.15, 0.2) is 6.07 Å². The van der Waals surface area contributed by atoms with Crippen molar-refractivity contribution >= 4 is 17.4 Å². The predicted molar refractivity (Wildman–Crippen MR) is 67.1 cm³/mol. The van der Waals surface area contributed by atoms with E-state index in [2.05, 4.69) is 4.98 Å². The summed E-state index contributed by atoms with van der Waals surface area (Å²) in [5.41, 5.74) is -1.70. The molecule has 1 unspecified atom stereocenters. The molecule has 0 spiro atoms. The average molecular weight is 292 g/mol. The Kier molecular flexibility index (Phi) is 4.64. The van der Waals surface area contributed by atoms with Crippen LogP contribution in [-0.4, -0.2) is 18.1 Å². The molecule has 1 aromatic heterocycles. The topological polar surface area (TPSA) is 39.9 Å². The fourth-order valence-electron chi connectivity index (χ4n) is 1.51. The first-order valence-electron chi connectivity index (χ1n) is 5.63. The summed E-state index contributed by atoms with van der Waals surface area (Å²) < 4.78 is 38.7. The first kappa shape index (κ1) is 15.6. The van der Waals surface area contributed by atoms with Crippen LogP contribution >= 0.6 is 11.6 Å². The van der Waals surface area contributed by atoms with Crippen molar-refractivity contribution in [3.05, 3.63) is 22.3 Å². The molecule has 7 heteroatoms. The summed E-state index contributed by atoms with van der Waals surface area (Å²) in [6, 6.07) is 2.32. The van der Waals surface area contributed by atoms with Crippen molar-refractivity contribution in [2.45, 2.75) is 32.5 Å². The number of pyridine rings is 1. The van der Waals surface area contributed by atoms with Gasteiger partial charge in [-0.3, -0.25) is 0 Å². The number of nitrogens with zero attached hydrogens (tertiary/aromatic N) is 3. The van der Waals surface area contributed by atoms with Crippen molar-refractivity contribution < 1.29 is 13.2 Å². The van der Waals surface area contributed by atoms with Gasteiger partial charge in [-0.1, -0.05) is 18.5 Å². The van der Waals surface area contributed by atoms with Gasteiger partial charge in [-0.15, -0.1) is 0 Å². The minimum atomic E-state index is -4.64. The molecule has 0 saturated heterocycles. The van der Waals surface area contributed by atoms with Gasteiger partial charge in [0.2, 0.25) is 0 Å². The van der Waals surface area contributed by atoms with Crippen molar-refractivity contribution in [1.29, 1.82) is 5.26 Å². The van der Waals surface area contributed by atoms with Crippen molar-refractivity contribution in [1.82, 2.24) is 4.98 Å². The van der Waals surface area contributed by atoms with Crippen LogP contribution in [0.3, 0.4) is 0 Å². The number of anilines is 1. The molecule has 0 amide bonds. The molecular formula is C12H13ClF3N3. The second kappa shape index (κ2) is 5.66. The fourth-order valence-corrected chi connectivity index (χ4v) is 1.74. The van der Waals surface area contributed by atoms with E-state index in [0.29, 0.717) is 0 Å². The van der Waals surface area contributed by atoms with Gasteiger partial charge in [-0.2, -0.15) is 18.4 Å². The number of hydrogen-bond acceptors (Lipinski definition) is 3. The predicted octanol–water partition coefficient (Wildman–Crippen LogP) is 3.86. The van der Waals surface area contributed by atoms with Gasteiger partial charge < -0.3 is 4.90 Å². The van der Waals surface area contributed by atoms with Crippen molar-refractivity contribution in [3.8, 4) is 6.07 Å². The van der Waals surface area contributed by atoms with E-state index in [4.69, 9.17) is 16.9 Å². The molecule has 0 saturated carbocycles. The quantitative estimate of drug-likeness (QED) is 0.794. The molecule has 0 aromatic carbocycles. The van der Waals surface area contributed by atoms with Gasteiger partial charge in [0.25, 0.3) is 0 Å². The summed E-state index contributed by atoms with van der Waals surface area (Å²) in [5, 5.41) is 8.33. The van der Waals surface area contributed by atoms with Crippen LogP contribution in [0.5, 0.6) is 0 Å². The number of alkyl halides is 3. The molecule has 1 heterocycles. The van der Waals surface area contributed by atoms with Crippen LogP contribution in [0.1, 0.15) is 31.4 Å². The summed E-state index contributed by atoms with van der Waals surface area (Å²) in [6.45, 7) is 3.78. The molecule has 0 fully saturated rings. The Morgan fingerprint density at radius 2 is 2.11 bits per heavy atom. The monoisotopic (exact) mass is 291 g/mol. The van der Waals surface area contributed by atoms with Gasteiger partial charge in [0.05, 0.1) is 5.56 Å². The lowest BCUT2D eigenvalue weighted by Gasteiger charge is -2.26. The van der Waals surface area contributed by atoms with E-state index in [9.17, 15) is 13.2 Å². The van der Waals surface area contributed by atoms with E-state index in [1.807, 2.05) is 13.8 Å². The van der Waals surface area contributed by atoms with Gasteiger partial charge in [0, 0.05) is 13.1 Å². The van der Waals surface area contributed by atoms with Crippen LogP contribution < -0.4 is 4.90 Å². The zero-order chi connectivity index (χ0) is 14.8. The molecule has 1 aromatic rings. The molecule has 0 aliphatic heterocycles. The summed E-state index contributed by atoms with van der Waals surface area (Å²) >= 11 is 5.67. The Hall–Kier alpha value is -1.48. The van der Waals surface area contributed by atoms with E-state index in [-0.39, 0.29) is 11.9 Å². The van der Waals surface area contributed by atoms with Gasteiger partial charge in [-0.25, -0.2) is 4.98 Å². The smallest absolute Gasteiger partial charge is 0.357 e. The first-order chi connectivity index (χ1) is 8.72. The number of nitriles is 1. The van der Waals surface area contributed by atoms with Crippen LogP contribution in [0, 0.1) is 11.3 Å². The standard InChI is InChI=1S/C12H13ClF3N3/c1-4-7(2)19(3)10-5-9(12(14,15)16)8(6-17)11(13)18-10/h5,7H,4H2,1-3H3. The number of aromatic nitrogens is 1. The molecule has 0 aliphatic carbocycles. The Morgan fingerprint density at radius 3 is 2.53 bits per heavy atom. The van der Waals surface area contributed by atoms with Crippen molar-refractivity contribution in [2.75, 3.05) is 11.9 Å². The van der Waals surface area contributed by atoms with Gasteiger partial charge >= 0.3 is 6.18 Å². The molecular weight excluding hydrogens is 279 g/mol. The Morgan fingerprint density at radius 1 is 1.53 bits per heavy atom. The van der Waals surface area contributed by atoms with Gasteiger partial charge in [0.15, 0.2) is 0 Å². The number of rotatable bonds is 3. The van der Waals surface area contributed by atoms with E-state index in [1.54, 1.807) is 11.9 Å². The Balaban J connectivity index is 3.41. The third-order valence-corrected chi connectivity index (χ3v) is 3.27. The normalized spacial score (nSPS) is 12.9. The molecule has 0 N–H and O–H groups in total. The average Bonchev–Trinajstić information content (AvgIpc) is 2.34. The maximum Gasteiger partial charge on any atom is 0.417 e. The highest BCUT2D eigenvalue weighted by molar-refractivity contribution is 6.30. The van der Waals surface area contributed by atoms with Crippen LogP contribution in [0.25, 0.3) is 0 Å². The molecule has 104 valence electrons. The van der Waals surface area contributed by atoms with E-state index in [1.165, 1.54) is 6.07 Å². The van der Waals surface area contributed by atoms with Gasteiger partial charge in [0.1, 0.15) is 22.6 Å². The van der Waals surface area contributed by atoms with E-state index >= 15 is 0 Å². The van der Waals surface area contributed by atoms with E-state index in [0.717, 1.165) is 12.5 Å². The highest BCUT2D eigenvalue weighted by atomic mass is 35.5. The molecule has 0 aliphatic rings. The molecule has 1 atom stereocenters. The Labute approximate surface area is 114 Å². The van der Waals surface area contributed by atoms with Crippen molar-refractivity contribution in [3.63, 3.8) is 0 Å². The first-order valence-corrected chi connectivity index (χ1v) is 6.00. The SMILES string of the molecule is CCC(C)N(C)c1cc(C(F)(F)F)c(C#N)c(Cl)n1. The number of halogens is 4. The Bertz CT molecular complexity index is 508. The zero-order valence-corrected chi connectivity index (χ0v) is 11.5. The number of hydrogen-bond donors (Lipinski definition) is 0. The highest BCUT2D eigenvalue weighted by Crippen LogP contribution is 2.36. The lowest BCUT2D eigenvalue weighted by atomic mass is 10.1. The summed E-state index contributed by atoms with van der Waals surface area (Å²) in [5.74, 6) is 0.102. The fraction of sp³-hybridized carbons (Fsp3) is 0.500. The molecule has 19 heavy (non-hydrogen) atoms. The second-order valence-corrected chi connectivity index (χ2v) is 4.53. The van der Waals surface area contributed by atoms with Crippen LogP contribution in [0.2, 0.25) is 5.15 Å². The molecule has 0 bridgehead atoms. The zero-order valence-electron chi connectivity index (χ0n) is 10.7. The maximum absolute atomic E-state index is 12.9. The second-order valence-electron chi connectivity index (χ2n) is 4.17. The molecule has 0 radical (unpaired) electrons. The summed E-state index contributed by atoms with van der Waals surface area (Å²) in [4.78, 5) is 5.46. The van der Waals surface area contributed by atoms with Gasteiger partial charge in [-0.05, 0) is 19.4 Å². The summed E-state index contributed by atoms with van der Waals surface area (Å²) in [6.07, 6.45) is -3.89. The maximum atomic E-state index is 12.9. The minimum absolute atomic E-state index is 0.0117. The molecule has 3 nitrogen and oxygen atoms in total. The third-order valence-electron chi connectivity index (χ3n) is 2.99.